The molecule has 2 aromatic rings. The van der Waals surface area contributed by atoms with Crippen LogP contribution < -0.4 is 0 Å². The van der Waals surface area contributed by atoms with Crippen molar-refractivity contribution in [3.8, 4) is 0 Å². The lowest BCUT2D eigenvalue weighted by Crippen LogP contribution is -1.88. The molecule has 0 saturated carbocycles. The van der Waals surface area contributed by atoms with Crippen LogP contribution in [-0.2, 0) is 6.42 Å². The van der Waals surface area contributed by atoms with E-state index in [4.69, 9.17) is 23.2 Å². The number of pyridine rings is 1. The van der Waals surface area contributed by atoms with Crippen LogP contribution in [0.1, 0.15) is 44.9 Å². The van der Waals surface area contributed by atoms with Crippen LogP contribution in [0.3, 0.4) is 0 Å². The van der Waals surface area contributed by atoms with E-state index in [0.717, 1.165) is 24.2 Å². The van der Waals surface area contributed by atoms with Gasteiger partial charge in [0.25, 0.3) is 0 Å². The van der Waals surface area contributed by atoms with Gasteiger partial charge in [0.15, 0.2) is 5.65 Å². The van der Waals surface area contributed by atoms with Gasteiger partial charge in [-0.1, -0.05) is 55.8 Å². The first kappa shape index (κ1) is 13.6. The number of halogens is 2. The average molecular weight is 286 g/mol. The van der Waals surface area contributed by atoms with Gasteiger partial charge in [0.2, 0.25) is 0 Å². The number of imidazole rings is 1. The summed E-state index contributed by atoms with van der Waals surface area (Å²) in [5.74, 6) is 0.965. The molecule has 0 amide bonds. The number of hydrogen-bond acceptors (Lipinski definition) is 2. The molecule has 0 atom stereocenters. The molecular weight excluding hydrogens is 269 g/mol. The number of rotatable bonds is 6. The van der Waals surface area contributed by atoms with Crippen molar-refractivity contribution < 1.29 is 0 Å². The molecule has 0 bridgehead atoms. The standard InChI is InChI=1S/C13H17Cl2N3/c1-2-3-4-5-6-7-11-16-10-8-9(14)12(15)18-13(10)17-11/h8H,2-7H2,1H3,(H,16,17,18). The number of H-pyrrole nitrogens is 1. The van der Waals surface area contributed by atoms with Gasteiger partial charge in [-0.25, -0.2) is 9.97 Å². The predicted molar refractivity (Wildman–Crippen MR) is 76.4 cm³/mol. The van der Waals surface area contributed by atoms with E-state index in [2.05, 4.69) is 21.9 Å². The highest BCUT2D eigenvalue weighted by Crippen LogP contribution is 2.23. The summed E-state index contributed by atoms with van der Waals surface area (Å²) in [6, 6.07) is 1.78. The third-order valence-electron chi connectivity index (χ3n) is 2.95. The molecule has 1 N–H and O–H groups in total. The van der Waals surface area contributed by atoms with Crippen LogP contribution in [0.4, 0.5) is 0 Å². The van der Waals surface area contributed by atoms with Crippen molar-refractivity contribution in [2.45, 2.75) is 45.4 Å². The monoisotopic (exact) mass is 285 g/mol. The van der Waals surface area contributed by atoms with Crippen molar-refractivity contribution in [3.63, 3.8) is 0 Å². The van der Waals surface area contributed by atoms with E-state index in [-0.39, 0.29) is 0 Å². The van der Waals surface area contributed by atoms with Crippen molar-refractivity contribution in [3.05, 3.63) is 22.1 Å². The zero-order valence-corrected chi connectivity index (χ0v) is 12.0. The first-order chi connectivity index (χ1) is 8.70. The summed E-state index contributed by atoms with van der Waals surface area (Å²) in [5, 5.41) is 0.771. The van der Waals surface area contributed by atoms with E-state index in [1.807, 2.05) is 0 Å². The highest BCUT2D eigenvalue weighted by molar-refractivity contribution is 6.41. The van der Waals surface area contributed by atoms with Gasteiger partial charge in [-0.3, -0.25) is 0 Å². The summed E-state index contributed by atoms with van der Waals surface area (Å²) >= 11 is 11.8. The summed E-state index contributed by atoms with van der Waals surface area (Å²) in [6.45, 7) is 2.22. The van der Waals surface area contributed by atoms with Gasteiger partial charge in [-0.05, 0) is 12.5 Å². The van der Waals surface area contributed by atoms with Crippen LogP contribution in [0, 0.1) is 0 Å². The molecule has 0 fully saturated rings. The fourth-order valence-corrected chi connectivity index (χ4v) is 2.25. The maximum atomic E-state index is 5.92. The minimum absolute atomic E-state index is 0.310. The van der Waals surface area contributed by atoms with Gasteiger partial charge >= 0.3 is 0 Å². The largest absolute Gasteiger partial charge is 0.341 e. The number of hydrogen-bond donors (Lipinski definition) is 1. The second-order valence-electron chi connectivity index (χ2n) is 4.48. The molecule has 0 saturated heterocycles. The maximum Gasteiger partial charge on any atom is 0.179 e. The molecule has 2 heterocycles. The third kappa shape index (κ3) is 3.36. The smallest absolute Gasteiger partial charge is 0.179 e. The van der Waals surface area contributed by atoms with Gasteiger partial charge in [-0.15, -0.1) is 0 Å². The van der Waals surface area contributed by atoms with Gasteiger partial charge in [0.05, 0.1) is 10.5 Å². The molecule has 0 aliphatic carbocycles. The highest BCUT2D eigenvalue weighted by atomic mass is 35.5. The Labute approximate surface area is 117 Å². The Bertz CT molecular complexity index is 483. The number of aromatic nitrogens is 3. The summed E-state index contributed by atoms with van der Waals surface area (Å²) in [7, 11) is 0. The Hall–Kier alpha value is -0.800. The topological polar surface area (TPSA) is 41.6 Å². The number of nitrogens with one attached hydrogen (secondary N) is 1. The van der Waals surface area contributed by atoms with Crippen molar-refractivity contribution in [1.82, 2.24) is 15.0 Å². The van der Waals surface area contributed by atoms with Crippen LogP contribution in [0.25, 0.3) is 11.2 Å². The number of aryl methyl sites for hydroxylation is 1. The Kier molecular flexibility index (Phi) is 4.84. The first-order valence-corrected chi connectivity index (χ1v) is 7.17. The van der Waals surface area contributed by atoms with Crippen molar-refractivity contribution in [2.24, 2.45) is 0 Å². The molecule has 0 unspecified atom stereocenters. The third-order valence-corrected chi connectivity index (χ3v) is 3.62. The van der Waals surface area contributed by atoms with E-state index in [0.29, 0.717) is 15.8 Å². The molecule has 5 heteroatoms. The van der Waals surface area contributed by atoms with Gasteiger partial charge < -0.3 is 4.98 Å². The Morgan fingerprint density at radius 2 is 1.89 bits per heavy atom. The van der Waals surface area contributed by atoms with Crippen LogP contribution in [0.5, 0.6) is 0 Å². The molecule has 2 aromatic heterocycles. The zero-order valence-electron chi connectivity index (χ0n) is 10.5. The minimum atomic E-state index is 0.310. The first-order valence-electron chi connectivity index (χ1n) is 6.41. The lowest BCUT2D eigenvalue weighted by atomic mass is 10.1. The lowest BCUT2D eigenvalue weighted by molar-refractivity contribution is 0.625. The number of unbranched alkanes of at least 4 members (excludes halogenated alkanes) is 4. The summed E-state index contributed by atoms with van der Waals surface area (Å²) in [6.07, 6.45) is 7.24. The van der Waals surface area contributed by atoms with Crippen molar-refractivity contribution >= 4 is 34.4 Å². The van der Waals surface area contributed by atoms with E-state index >= 15 is 0 Å². The molecule has 98 valence electrons. The highest BCUT2D eigenvalue weighted by Gasteiger charge is 2.07. The molecule has 0 aliphatic heterocycles. The quantitative estimate of drug-likeness (QED) is 0.613. The molecule has 3 nitrogen and oxygen atoms in total. The Balaban J connectivity index is 1.97. The summed E-state index contributed by atoms with van der Waals surface area (Å²) in [5.41, 5.74) is 1.50. The second-order valence-corrected chi connectivity index (χ2v) is 5.25. The van der Waals surface area contributed by atoms with E-state index in [1.54, 1.807) is 6.07 Å². The maximum absolute atomic E-state index is 5.92. The lowest BCUT2D eigenvalue weighted by Gasteiger charge is -1.97. The van der Waals surface area contributed by atoms with Crippen LogP contribution >= 0.6 is 23.2 Å². The predicted octanol–water partition coefficient (Wildman–Crippen LogP) is 4.78. The Morgan fingerprint density at radius 3 is 2.67 bits per heavy atom. The van der Waals surface area contributed by atoms with Crippen LogP contribution in [0.2, 0.25) is 10.2 Å². The second kappa shape index (κ2) is 6.39. The van der Waals surface area contributed by atoms with Crippen molar-refractivity contribution in [1.29, 1.82) is 0 Å². The molecule has 0 aliphatic rings. The van der Waals surface area contributed by atoms with Crippen molar-refractivity contribution in [2.75, 3.05) is 0 Å². The minimum Gasteiger partial charge on any atom is -0.341 e. The summed E-state index contributed by atoms with van der Waals surface area (Å²) < 4.78 is 0. The average Bonchev–Trinajstić information content (AvgIpc) is 2.71. The van der Waals surface area contributed by atoms with E-state index in [9.17, 15) is 0 Å². The van der Waals surface area contributed by atoms with E-state index < -0.39 is 0 Å². The molecular formula is C13H17Cl2N3. The van der Waals surface area contributed by atoms with Gasteiger partial charge in [0.1, 0.15) is 11.0 Å². The Morgan fingerprint density at radius 1 is 1.11 bits per heavy atom. The molecule has 2 rings (SSSR count). The number of fused-ring (bicyclic) bond motifs is 1. The number of aromatic amines is 1. The normalized spacial score (nSPS) is 11.3. The molecule has 0 radical (unpaired) electrons. The fraction of sp³-hybridized carbons (Fsp3) is 0.538. The summed E-state index contributed by atoms with van der Waals surface area (Å²) in [4.78, 5) is 11.8. The van der Waals surface area contributed by atoms with Crippen LogP contribution in [-0.4, -0.2) is 15.0 Å². The number of nitrogens with zero attached hydrogens (tertiary/aromatic N) is 2. The van der Waals surface area contributed by atoms with E-state index in [1.165, 1.54) is 25.7 Å². The molecule has 0 spiro atoms. The van der Waals surface area contributed by atoms with Crippen LogP contribution in [0.15, 0.2) is 6.07 Å². The molecule has 0 aromatic carbocycles. The SMILES string of the molecule is CCCCCCCc1nc2nc(Cl)c(Cl)cc2[nH]1. The molecule has 18 heavy (non-hydrogen) atoms. The fourth-order valence-electron chi connectivity index (χ4n) is 1.96. The van der Waals surface area contributed by atoms with Gasteiger partial charge in [-0.2, -0.15) is 0 Å². The van der Waals surface area contributed by atoms with Gasteiger partial charge in [0, 0.05) is 6.42 Å². The zero-order chi connectivity index (χ0) is 13.0.